The van der Waals surface area contributed by atoms with Crippen LogP contribution in [0.4, 0.5) is 0 Å². The van der Waals surface area contributed by atoms with Crippen molar-refractivity contribution in [3.8, 4) is 0 Å². The Labute approximate surface area is 58.4 Å². The summed E-state index contributed by atoms with van der Waals surface area (Å²) >= 11 is 0. The first-order valence-electron chi connectivity index (χ1n) is 3.42. The lowest BCUT2D eigenvalue weighted by molar-refractivity contribution is 0.289. The molecule has 0 aliphatic heterocycles. The molecule has 2 nitrogen and oxygen atoms in total. The molecule has 0 bridgehead atoms. The molecule has 0 aromatic carbocycles. The standard InChI is InChI=1S/C6H17NOSi/c1-9(2,3)7-5-4-6-8/h7-8H,4-6H2,1-3H3. The summed E-state index contributed by atoms with van der Waals surface area (Å²) in [4.78, 5) is 3.40. The van der Waals surface area contributed by atoms with Crippen molar-refractivity contribution in [2.75, 3.05) is 13.2 Å². The molecule has 2 N–H and O–H groups in total. The number of nitrogens with one attached hydrogen (secondary N) is 1. The normalized spacial score (nSPS) is 12.0. The van der Waals surface area contributed by atoms with Crippen molar-refractivity contribution in [3.05, 3.63) is 0 Å². The van der Waals surface area contributed by atoms with E-state index < -0.39 is 8.24 Å². The van der Waals surface area contributed by atoms with E-state index in [1.54, 1.807) is 0 Å². The van der Waals surface area contributed by atoms with Gasteiger partial charge in [-0.3, -0.25) is 0 Å². The SMILES string of the molecule is C[Si](C)(C)NCCCO. The zero-order chi connectivity index (χ0) is 7.33. The van der Waals surface area contributed by atoms with Crippen LogP contribution in [0, 0.1) is 0 Å². The molecule has 3 heteroatoms. The summed E-state index contributed by atoms with van der Waals surface area (Å²) in [5.41, 5.74) is 0. The van der Waals surface area contributed by atoms with Gasteiger partial charge in [-0.15, -0.1) is 0 Å². The van der Waals surface area contributed by atoms with Gasteiger partial charge < -0.3 is 10.1 Å². The van der Waals surface area contributed by atoms with E-state index in [1.807, 2.05) is 0 Å². The van der Waals surface area contributed by atoms with Crippen LogP contribution in [0.5, 0.6) is 0 Å². The number of aliphatic hydroxyl groups is 1. The minimum Gasteiger partial charge on any atom is -0.396 e. The molecule has 0 radical (unpaired) electrons. The van der Waals surface area contributed by atoms with Crippen LogP contribution in [0.3, 0.4) is 0 Å². The molecule has 0 aliphatic carbocycles. The van der Waals surface area contributed by atoms with Crippen LogP contribution in [-0.2, 0) is 0 Å². The summed E-state index contributed by atoms with van der Waals surface area (Å²) < 4.78 is 0. The van der Waals surface area contributed by atoms with E-state index in [-0.39, 0.29) is 0 Å². The summed E-state index contributed by atoms with van der Waals surface area (Å²) in [6.45, 7) is 8.03. The largest absolute Gasteiger partial charge is 0.396 e. The summed E-state index contributed by atoms with van der Waals surface area (Å²) in [7, 11) is -1.06. The third kappa shape index (κ3) is 8.14. The molecule has 0 aromatic heterocycles. The monoisotopic (exact) mass is 147 g/mol. The fraction of sp³-hybridized carbons (Fsp3) is 1.00. The van der Waals surface area contributed by atoms with Crippen LogP contribution in [0.25, 0.3) is 0 Å². The van der Waals surface area contributed by atoms with Crippen LogP contribution >= 0.6 is 0 Å². The molecule has 0 saturated heterocycles. The molecule has 0 rings (SSSR count). The Morgan fingerprint density at radius 3 is 2.22 bits per heavy atom. The minimum atomic E-state index is -1.06. The maximum absolute atomic E-state index is 8.44. The van der Waals surface area contributed by atoms with Gasteiger partial charge in [-0.2, -0.15) is 0 Å². The molecule has 0 spiro atoms. The third-order valence-electron chi connectivity index (χ3n) is 0.990. The second-order valence-electron chi connectivity index (χ2n) is 3.25. The molecule has 0 heterocycles. The van der Waals surface area contributed by atoms with Crippen LogP contribution in [0.2, 0.25) is 19.6 Å². The fourth-order valence-corrected chi connectivity index (χ4v) is 1.47. The van der Waals surface area contributed by atoms with Crippen molar-refractivity contribution in [1.29, 1.82) is 0 Å². The summed E-state index contributed by atoms with van der Waals surface area (Å²) in [5.74, 6) is 0. The van der Waals surface area contributed by atoms with Crippen molar-refractivity contribution < 1.29 is 5.11 Å². The highest BCUT2D eigenvalue weighted by atomic mass is 28.3. The molecule has 0 amide bonds. The molecule has 0 saturated carbocycles. The zero-order valence-electron chi connectivity index (χ0n) is 6.57. The first kappa shape index (κ1) is 9.14. The molecule has 9 heavy (non-hydrogen) atoms. The Morgan fingerprint density at radius 1 is 1.33 bits per heavy atom. The van der Waals surface area contributed by atoms with Crippen molar-refractivity contribution in [3.63, 3.8) is 0 Å². The predicted octanol–water partition coefficient (Wildman–Crippen LogP) is 0.793. The molecular weight excluding hydrogens is 130 g/mol. The molecular formula is C6H17NOSi. The van der Waals surface area contributed by atoms with Crippen LogP contribution in [0.15, 0.2) is 0 Å². The number of rotatable bonds is 4. The highest BCUT2D eigenvalue weighted by Crippen LogP contribution is 1.92. The smallest absolute Gasteiger partial charge is 0.116 e. The Bertz CT molecular complexity index is 69.9. The average molecular weight is 147 g/mol. The van der Waals surface area contributed by atoms with E-state index in [4.69, 9.17) is 5.11 Å². The average Bonchev–Trinajstić information content (AvgIpc) is 1.63. The van der Waals surface area contributed by atoms with Gasteiger partial charge in [0.25, 0.3) is 0 Å². The number of hydrogen-bond donors (Lipinski definition) is 2. The van der Waals surface area contributed by atoms with E-state index >= 15 is 0 Å². The Morgan fingerprint density at radius 2 is 1.89 bits per heavy atom. The second kappa shape index (κ2) is 4.03. The summed E-state index contributed by atoms with van der Waals surface area (Å²) in [5, 5.41) is 8.44. The molecule has 0 unspecified atom stereocenters. The van der Waals surface area contributed by atoms with E-state index in [0.29, 0.717) is 6.61 Å². The molecule has 56 valence electrons. The number of hydrogen-bond acceptors (Lipinski definition) is 2. The van der Waals surface area contributed by atoms with Gasteiger partial charge in [0.05, 0.1) is 0 Å². The van der Waals surface area contributed by atoms with Crippen molar-refractivity contribution in [1.82, 2.24) is 4.98 Å². The summed E-state index contributed by atoms with van der Waals surface area (Å²) in [6.07, 6.45) is 0.879. The lowest BCUT2D eigenvalue weighted by Crippen LogP contribution is -2.41. The number of aliphatic hydroxyl groups excluding tert-OH is 1. The van der Waals surface area contributed by atoms with Crippen molar-refractivity contribution >= 4 is 8.24 Å². The maximum atomic E-state index is 8.44. The van der Waals surface area contributed by atoms with E-state index in [2.05, 4.69) is 24.6 Å². The van der Waals surface area contributed by atoms with Gasteiger partial charge in [0, 0.05) is 6.61 Å². The van der Waals surface area contributed by atoms with E-state index in [1.165, 1.54) is 0 Å². The summed E-state index contributed by atoms with van der Waals surface area (Å²) in [6, 6.07) is 0. The van der Waals surface area contributed by atoms with E-state index in [0.717, 1.165) is 13.0 Å². The fourth-order valence-electron chi connectivity index (χ4n) is 0.542. The van der Waals surface area contributed by atoms with Gasteiger partial charge in [0.2, 0.25) is 0 Å². The first-order valence-corrected chi connectivity index (χ1v) is 6.92. The topological polar surface area (TPSA) is 32.3 Å². The molecule has 0 aliphatic rings. The van der Waals surface area contributed by atoms with Gasteiger partial charge in [-0.1, -0.05) is 19.6 Å². The van der Waals surface area contributed by atoms with Crippen LogP contribution in [0.1, 0.15) is 6.42 Å². The quantitative estimate of drug-likeness (QED) is 0.455. The van der Waals surface area contributed by atoms with Gasteiger partial charge in [0.15, 0.2) is 0 Å². The van der Waals surface area contributed by atoms with Gasteiger partial charge in [-0.05, 0) is 13.0 Å². The van der Waals surface area contributed by atoms with Crippen LogP contribution in [-0.4, -0.2) is 26.5 Å². The van der Waals surface area contributed by atoms with Gasteiger partial charge in [0.1, 0.15) is 8.24 Å². The third-order valence-corrected chi connectivity index (χ3v) is 2.30. The lowest BCUT2D eigenvalue weighted by Gasteiger charge is -2.16. The minimum absolute atomic E-state index is 0.303. The van der Waals surface area contributed by atoms with E-state index in [9.17, 15) is 0 Å². The maximum Gasteiger partial charge on any atom is 0.116 e. The molecule has 0 aromatic rings. The second-order valence-corrected chi connectivity index (χ2v) is 8.11. The van der Waals surface area contributed by atoms with Crippen molar-refractivity contribution in [2.45, 2.75) is 26.1 Å². The Balaban J connectivity index is 3.07. The van der Waals surface area contributed by atoms with Gasteiger partial charge >= 0.3 is 0 Å². The zero-order valence-corrected chi connectivity index (χ0v) is 7.57. The lowest BCUT2D eigenvalue weighted by atomic mass is 10.5. The van der Waals surface area contributed by atoms with Crippen molar-refractivity contribution in [2.24, 2.45) is 0 Å². The first-order chi connectivity index (χ1) is 4.06. The Kier molecular flexibility index (Phi) is 4.09. The highest BCUT2D eigenvalue weighted by Gasteiger charge is 2.09. The van der Waals surface area contributed by atoms with Gasteiger partial charge in [-0.25, -0.2) is 0 Å². The predicted molar refractivity (Wildman–Crippen MR) is 43.1 cm³/mol. The highest BCUT2D eigenvalue weighted by molar-refractivity contribution is 6.73. The Hall–Kier alpha value is 0.137. The molecule has 0 atom stereocenters. The van der Waals surface area contributed by atoms with Crippen LogP contribution < -0.4 is 4.98 Å². The molecule has 0 fully saturated rings.